The van der Waals surface area contributed by atoms with E-state index in [1.165, 1.54) is 29.2 Å². The van der Waals surface area contributed by atoms with Gasteiger partial charge in [0.2, 0.25) is 0 Å². The minimum absolute atomic E-state index is 0.0698. The molecule has 0 aliphatic heterocycles. The number of carboxylic acids is 1. The average molecular weight is 460 g/mol. The molecule has 3 aromatic rings. The van der Waals surface area contributed by atoms with Gasteiger partial charge in [0.15, 0.2) is 0 Å². The van der Waals surface area contributed by atoms with Gasteiger partial charge in [0.05, 0.1) is 4.75 Å². The van der Waals surface area contributed by atoms with E-state index in [1.54, 1.807) is 0 Å². The molecular formula is C27H29N3O2S. The number of nitrogens with one attached hydrogen (secondary N) is 1. The Kier molecular flexibility index (Phi) is 8.84. The third kappa shape index (κ3) is 5.71. The van der Waals surface area contributed by atoms with Crippen LogP contribution < -0.4 is 5.32 Å². The molecule has 170 valence electrons. The van der Waals surface area contributed by atoms with E-state index in [4.69, 9.17) is 0 Å². The molecule has 0 aliphatic carbocycles. The summed E-state index contributed by atoms with van der Waals surface area (Å²) in [5.74, 6) is 0.0154. The molecule has 33 heavy (non-hydrogen) atoms. The number of hydrogen-bond donors (Lipinski definition) is 2. The maximum absolute atomic E-state index is 11.5. The lowest BCUT2D eigenvalue weighted by Crippen LogP contribution is -2.28. The molecule has 1 heterocycles. The molecule has 0 saturated heterocycles. The highest BCUT2D eigenvalue weighted by Gasteiger charge is 2.37. The Hall–Kier alpha value is -3.38. The van der Waals surface area contributed by atoms with Crippen LogP contribution >= 0.6 is 11.8 Å². The Labute approximate surface area is 199 Å². The fourth-order valence-electron chi connectivity index (χ4n) is 3.82. The van der Waals surface area contributed by atoms with E-state index in [1.807, 2.05) is 30.8 Å². The Morgan fingerprint density at radius 2 is 1.73 bits per heavy atom. The molecule has 2 N–H and O–H groups in total. The van der Waals surface area contributed by atoms with E-state index < -0.39 is 10.7 Å². The zero-order chi connectivity index (χ0) is 23.5. The number of rotatable bonds is 11. The molecule has 0 amide bonds. The molecule has 0 radical (unpaired) electrons. The normalized spacial score (nSPS) is 12.1. The number of nitrogens with zero attached hydrogens (tertiary/aromatic N) is 2. The van der Waals surface area contributed by atoms with Crippen LogP contribution in [0.5, 0.6) is 0 Å². The summed E-state index contributed by atoms with van der Waals surface area (Å²) in [6, 6.07) is 21.1. The largest absolute Gasteiger partial charge is 0.477 e. The van der Waals surface area contributed by atoms with Crippen LogP contribution in [0.4, 0.5) is 5.82 Å². The maximum Gasteiger partial charge on any atom is 0.341 e. The van der Waals surface area contributed by atoms with Crippen LogP contribution in [0.15, 0.2) is 97.0 Å². The van der Waals surface area contributed by atoms with Gasteiger partial charge in [0.25, 0.3) is 0 Å². The van der Waals surface area contributed by atoms with Crippen molar-refractivity contribution in [1.29, 1.82) is 0 Å². The SMILES string of the molecule is C/C=C\C(=C/CC)C(SCCNc1ncncc1C(=O)O)(c1ccccc1)c1ccccc1. The zero-order valence-electron chi connectivity index (χ0n) is 18.9. The van der Waals surface area contributed by atoms with E-state index in [0.29, 0.717) is 12.4 Å². The standard InChI is InChI=1S/C27H29N3O2S/c1-3-11-21(12-4-2)27(22-13-7-5-8-14-22,23-15-9-6-10-16-23)33-18-17-29-25-24(26(31)32)19-28-20-30-25/h3,5-16,19-20H,4,17-18H2,1-2H3,(H,31,32)(H,28,29,30)/b11-3-,21-12+. The van der Waals surface area contributed by atoms with Crippen LogP contribution in [-0.2, 0) is 4.75 Å². The number of benzene rings is 2. The lowest BCUT2D eigenvalue weighted by Gasteiger charge is -2.36. The van der Waals surface area contributed by atoms with E-state index in [-0.39, 0.29) is 5.56 Å². The van der Waals surface area contributed by atoms with Gasteiger partial charge in [0, 0.05) is 18.5 Å². The second-order valence-corrected chi connectivity index (χ2v) is 8.66. The first-order chi connectivity index (χ1) is 16.1. The molecule has 6 heteroatoms. The van der Waals surface area contributed by atoms with Crippen LogP contribution in [-0.4, -0.2) is 33.3 Å². The summed E-state index contributed by atoms with van der Waals surface area (Å²) < 4.78 is -0.409. The fourth-order valence-corrected chi connectivity index (χ4v) is 5.26. The molecule has 3 rings (SSSR count). The number of carbonyl (C=O) groups is 1. The quantitative estimate of drug-likeness (QED) is 0.264. The summed E-state index contributed by atoms with van der Waals surface area (Å²) in [5.41, 5.74) is 3.70. The van der Waals surface area contributed by atoms with Gasteiger partial charge in [-0.25, -0.2) is 14.8 Å². The summed E-state index contributed by atoms with van der Waals surface area (Å²) in [7, 11) is 0. The highest BCUT2D eigenvalue weighted by molar-refractivity contribution is 8.00. The van der Waals surface area contributed by atoms with Gasteiger partial charge in [-0.15, -0.1) is 11.8 Å². The van der Waals surface area contributed by atoms with Gasteiger partial charge in [-0.1, -0.05) is 85.8 Å². The highest BCUT2D eigenvalue weighted by atomic mass is 32.2. The first-order valence-corrected chi connectivity index (χ1v) is 12.0. The lowest BCUT2D eigenvalue weighted by molar-refractivity contribution is 0.0697. The third-order valence-corrected chi connectivity index (χ3v) is 6.74. The molecule has 0 unspecified atom stereocenters. The summed E-state index contributed by atoms with van der Waals surface area (Å²) in [6.45, 7) is 4.75. The Balaban J connectivity index is 1.98. The van der Waals surface area contributed by atoms with Crippen molar-refractivity contribution in [3.8, 4) is 0 Å². The van der Waals surface area contributed by atoms with Crippen molar-refractivity contribution in [2.75, 3.05) is 17.6 Å². The summed E-state index contributed by atoms with van der Waals surface area (Å²) in [5, 5.41) is 12.6. The number of anilines is 1. The second-order valence-electron chi connectivity index (χ2n) is 7.35. The van der Waals surface area contributed by atoms with Crippen LogP contribution in [0, 0.1) is 0 Å². The number of aromatic carboxylic acids is 1. The van der Waals surface area contributed by atoms with Crippen molar-refractivity contribution >= 4 is 23.5 Å². The molecule has 1 aromatic heterocycles. The maximum atomic E-state index is 11.5. The van der Waals surface area contributed by atoms with Crippen molar-refractivity contribution in [1.82, 2.24) is 9.97 Å². The van der Waals surface area contributed by atoms with Crippen molar-refractivity contribution in [3.63, 3.8) is 0 Å². The topological polar surface area (TPSA) is 75.1 Å². The van der Waals surface area contributed by atoms with Crippen LogP contribution in [0.25, 0.3) is 0 Å². The Morgan fingerprint density at radius 3 is 2.27 bits per heavy atom. The molecule has 0 fully saturated rings. The molecule has 0 aliphatic rings. The predicted octanol–water partition coefficient (Wildman–Crippen LogP) is 6.18. The van der Waals surface area contributed by atoms with E-state index in [0.717, 1.165) is 12.2 Å². The van der Waals surface area contributed by atoms with Gasteiger partial charge in [-0.05, 0) is 30.0 Å². The number of hydrogen-bond acceptors (Lipinski definition) is 5. The van der Waals surface area contributed by atoms with Crippen LogP contribution in [0.2, 0.25) is 0 Å². The smallest absolute Gasteiger partial charge is 0.341 e. The van der Waals surface area contributed by atoms with Gasteiger partial charge < -0.3 is 10.4 Å². The van der Waals surface area contributed by atoms with Gasteiger partial charge >= 0.3 is 5.97 Å². The Bertz CT molecular complexity index is 1060. The first kappa shape index (κ1) is 24.3. The van der Waals surface area contributed by atoms with E-state index in [2.05, 4.69) is 89.0 Å². The summed E-state index contributed by atoms with van der Waals surface area (Å²) in [6.07, 6.45) is 10.2. The third-order valence-electron chi connectivity index (χ3n) is 5.19. The van der Waals surface area contributed by atoms with E-state index in [9.17, 15) is 9.90 Å². The number of allylic oxidation sites excluding steroid dienone is 3. The molecule has 0 atom stereocenters. The molecule has 0 spiro atoms. The van der Waals surface area contributed by atoms with Crippen molar-refractivity contribution in [3.05, 3.63) is 114 Å². The number of aromatic nitrogens is 2. The summed E-state index contributed by atoms with van der Waals surface area (Å²) in [4.78, 5) is 19.4. The highest BCUT2D eigenvalue weighted by Crippen LogP contribution is 2.49. The molecular weight excluding hydrogens is 430 g/mol. The summed E-state index contributed by atoms with van der Waals surface area (Å²) >= 11 is 1.82. The molecule has 2 aromatic carbocycles. The molecule has 5 nitrogen and oxygen atoms in total. The molecule has 0 saturated carbocycles. The van der Waals surface area contributed by atoms with Gasteiger partial charge in [-0.2, -0.15) is 0 Å². The number of carboxylic acid groups (broad SMARTS) is 1. The zero-order valence-corrected chi connectivity index (χ0v) is 19.8. The van der Waals surface area contributed by atoms with Crippen molar-refractivity contribution < 1.29 is 9.90 Å². The lowest BCUT2D eigenvalue weighted by atomic mass is 9.83. The van der Waals surface area contributed by atoms with Crippen molar-refractivity contribution in [2.45, 2.75) is 25.0 Å². The monoisotopic (exact) mass is 459 g/mol. The minimum atomic E-state index is -1.05. The Morgan fingerprint density at radius 1 is 1.09 bits per heavy atom. The van der Waals surface area contributed by atoms with E-state index >= 15 is 0 Å². The van der Waals surface area contributed by atoms with Gasteiger partial charge in [0.1, 0.15) is 17.7 Å². The predicted molar refractivity (Wildman–Crippen MR) is 137 cm³/mol. The average Bonchev–Trinajstić information content (AvgIpc) is 2.85. The molecule has 0 bridgehead atoms. The first-order valence-electron chi connectivity index (χ1n) is 11.0. The number of thioether (sulfide) groups is 1. The minimum Gasteiger partial charge on any atom is -0.477 e. The second kappa shape index (κ2) is 12.0. The van der Waals surface area contributed by atoms with Crippen LogP contribution in [0.1, 0.15) is 41.8 Å². The van der Waals surface area contributed by atoms with Gasteiger partial charge in [-0.3, -0.25) is 0 Å². The van der Waals surface area contributed by atoms with Crippen molar-refractivity contribution in [2.24, 2.45) is 0 Å². The fraction of sp³-hybridized carbons (Fsp3) is 0.222. The van der Waals surface area contributed by atoms with Crippen LogP contribution in [0.3, 0.4) is 0 Å².